The molecule has 30 heavy (non-hydrogen) atoms. The molecule has 1 heterocycles. The second-order valence-electron chi connectivity index (χ2n) is 6.61. The van der Waals surface area contributed by atoms with Crippen LogP contribution in [0.25, 0.3) is 0 Å². The van der Waals surface area contributed by atoms with Crippen LogP contribution in [0.2, 0.25) is 0 Å². The lowest BCUT2D eigenvalue weighted by Gasteiger charge is -2.44. The average Bonchev–Trinajstić information content (AvgIpc) is 2.70. The Labute approximate surface area is 172 Å². The molecule has 0 amide bonds. The van der Waals surface area contributed by atoms with E-state index in [2.05, 4.69) is 4.18 Å². The molecule has 2 unspecified atom stereocenters. The SMILES string of the molecule is CCC(O)N1c2ccccc2N(C(O)CC)c2c(OS(=O)(=O)C(F)(F)F)cccc21. The van der Waals surface area contributed by atoms with Crippen LogP contribution in [-0.2, 0) is 10.1 Å². The van der Waals surface area contributed by atoms with Crippen molar-refractivity contribution < 1.29 is 36.0 Å². The van der Waals surface area contributed by atoms with Gasteiger partial charge in [-0.15, -0.1) is 0 Å². The molecule has 7 nitrogen and oxygen atoms in total. The summed E-state index contributed by atoms with van der Waals surface area (Å²) in [5, 5.41) is 21.3. The van der Waals surface area contributed by atoms with E-state index in [4.69, 9.17) is 0 Å². The number of alkyl halides is 3. The molecule has 2 N–H and O–H groups in total. The molecule has 2 atom stereocenters. The van der Waals surface area contributed by atoms with Crippen molar-refractivity contribution in [3.05, 3.63) is 42.5 Å². The van der Waals surface area contributed by atoms with E-state index in [9.17, 15) is 31.8 Å². The first-order valence-electron chi connectivity index (χ1n) is 9.20. The van der Waals surface area contributed by atoms with Crippen molar-refractivity contribution in [3.8, 4) is 5.75 Å². The zero-order chi connectivity index (χ0) is 22.3. The number of aliphatic hydroxyl groups is 2. The van der Waals surface area contributed by atoms with E-state index in [1.807, 2.05) is 0 Å². The van der Waals surface area contributed by atoms with Gasteiger partial charge in [-0.3, -0.25) is 0 Å². The Morgan fingerprint density at radius 1 is 0.900 bits per heavy atom. The van der Waals surface area contributed by atoms with Crippen LogP contribution in [0.15, 0.2) is 42.5 Å². The molecule has 164 valence electrons. The minimum atomic E-state index is -5.95. The van der Waals surface area contributed by atoms with Gasteiger partial charge in [-0.05, 0) is 37.1 Å². The maximum absolute atomic E-state index is 12.9. The van der Waals surface area contributed by atoms with Gasteiger partial charge in [0.1, 0.15) is 18.1 Å². The number of anilines is 4. The summed E-state index contributed by atoms with van der Waals surface area (Å²) in [5.74, 6) is -0.611. The number of para-hydroxylation sites is 3. The standard InChI is InChI=1S/C19H21F3N2O5S/c1-3-16(25)23-12-8-5-6-9-13(12)24(17(26)4-2)18-14(23)10-7-11-15(18)29-30(27,28)19(20,21)22/h5-11,16-17,25-26H,3-4H2,1-2H3. The first kappa shape index (κ1) is 22.2. The number of aliphatic hydroxyl groups excluding tert-OH is 2. The molecule has 1 aliphatic rings. The van der Waals surface area contributed by atoms with Gasteiger partial charge >= 0.3 is 15.6 Å². The van der Waals surface area contributed by atoms with Gasteiger partial charge < -0.3 is 24.2 Å². The normalized spacial score (nSPS) is 16.0. The lowest BCUT2D eigenvalue weighted by molar-refractivity contribution is -0.0499. The Bertz CT molecular complexity index is 1030. The van der Waals surface area contributed by atoms with Crippen molar-refractivity contribution in [3.63, 3.8) is 0 Å². The number of rotatable bonds is 6. The van der Waals surface area contributed by atoms with Crippen molar-refractivity contribution in [2.45, 2.75) is 44.7 Å². The lowest BCUT2D eigenvalue weighted by atomic mass is 10.0. The molecule has 0 saturated carbocycles. The van der Waals surface area contributed by atoms with E-state index in [0.717, 1.165) is 6.07 Å². The van der Waals surface area contributed by atoms with Gasteiger partial charge in [0.05, 0.1) is 17.1 Å². The van der Waals surface area contributed by atoms with Gasteiger partial charge in [0.2, 0.25) is 0 Å². The van der Waals surface area contributed by atoms with E-state index in [-0.39, 0.29) is 24.2 Å². The van der Waals surface area contributed by atoms with Crippen LogP contribution in [-0.4, -0.2) is 36.6 Å². The highest BCUT2D eigenvalue weighted by molar-refractivity contribution is 7.88. The summed E-state index contributed by atoms with van der Waals surface area (Å²) in [6, 6.07) is 10.6. The summed E-state index contributed by atoms with van der Waals surface area (Å²) < 4.78 is 66.6. The zero-order valence-electron chi connectivity index (χ0n) is 16.2. The molecule has 0 spiro atoms. The van der Waals surface area contributed by atoms with E-state index in [1.165, 1.54) is 21.9 Å². The third-order valence-corrected chi connectivity index (χ3v) is 5.65. The zero-order valence-corrected chi connectivity index (χ0v) is 17.0. The molecule has 2 aromatic carbocycles. The van der Waals surface area contributed by atoms with Crippen LogP contribution in [0.5, 0.6) is 5.75 Å². The number of nitrogens with zero attached hydrogens (tertiary/aromatic N) is 2. The number of benzene rings is 2. The summed E-state index contributed by atoms with van der Waals surface area (Å²) in [6.07, 6.45) is -1.79. The Kier molecular flexibility index (Phi) is 5.89. The number of hydrogen-bond donors (Lipinski definition) is 2. The number of halogens is 3. The molecular weight excluding hydrogens is 425 g/mol. The molecular formula is C19H21F3N2O5S. The van der Waals surface area contributed by atoms with Crippen molar-refractivity contribution in [2.75, 3.05) is 9.80 Å². The Balaban J connectivity index is 2.30. The molecule has 0 saturated heterocycles. The monoisotopic (exact) mass is 446 g/mol. The molecule has 0 aliphatic carbocycles. The second-order valence-corrected chi connectivity index (χ2v) is 8.15. The van der Waals surface area contributed by atoms with Crippen LogP contribution in [0.4, 0.5) is 35.9 Å². The van der Waals surface area contributed by atoms with E-state index < -0.39 is 33.8 Å². The Hall–Kier alpha value is -2.50. The summed E-state index contributed by atoms with van der Waals surface area (Å²) in [6.45, 7) is 3.38. The molecule has 2 aromatic rings. The molecule has 0 radical (unpaired) electrons. The predicted molar refractivity (Wildman–Crippen MR) is 105 cm³/mol. The van der Waals surface area contributed by atoms with Crippen molar-refractivity contribution in [1.29, 1.82) is 0 Å². The third-order valence-electron chi connectivity index (χ3n) is 4.69. The maximum atomic E-state index is 12.9. The lowest BCUT2D eigenvalue weighted by Crippen LogP contribution is -2.40. The van der Waals surface area contributed by atoms with Gasteiger partial charge in [-0.2, -0.15) is 21.6 Å². The van der Waals surface area contributed by atoms with Crippen LogP contribution in [0, 0.1) is 0 Å². The molecule has 0 fully saturated rings. The van der Waals surface area contributed by atoms with Crippen LogP contribution in [0.1, 0.15) is 26.7 Å². The fraction of sp³-hybridized carbons (Fsp3) is 0.368. The molecule has 1 aliphatic heterocycles. The fourth-order valence-electron chi connectivity index (χ4n) is 3.30. The quantitative estimate of drug-likeness (QED) is 0.513. The van der Waals surface area contributed by atoms with Gasteiger partial charge in [0.25, 0.3) is 0 Å². The topological polar surface area (TPSA) is 90.3 Å². The minimum absolute atomic E-state index is 0.0918. The van der Waals surface area contributed by atoms with Crippen LogP contribution >= 0.6 is 0 Å². The van der Waals surface area contributed by atoms with E-state index >= 15 is 0 Å². The summed E-state index contributed by atoms with van der Waals surface area (Å²) >= 11 is 0. The molecule has 11 heteroatoms. The average molecular weight is 446 g/mol. The van der Waals surface area contributed by atoms with Gasteiger partial charge in [0, 0.05) is 0 Å². The first-order valence-corrected chi connectivity index (χ1v) is 10.6. The maximum Gasteiger partial charge on any atom is 0.534 e. The van der Waals surface area contributed by atoms with E-state index in [1.54, 1.807) is 38.1 Å². The van der Waals surface area contributed by atoms with Crippen molar-refractivity contribution in [1.82, 2.24) is 0 Å². The van der Waals surface area contributed by atoms with E-state index in [0.29, 0.717) is 11.4 Å². The molecule has 3 rings (SSSR count). The number of fused-ring (bicyclic) bond motifs is 2. The summed E-state index contributed by atoms with van der Waals surface area (Å²) in [4.78, 5) is 2.78. The Morgan fingerprint density at radius 3 is 1.93 bits per heavy atom. The smallest absolute Gasteiger partial charge is 0.374 e. The Morgan fingerprint density at radius 2 is 1.40 bits per heavy atom. The minimum Gasteiger partial charge on any atom is -0.374 e. The first-order chi connectivity index (χ1) is 14.0. The van der Waals surface area contributed by atoms with Crippen LogP contribution in [0.3, 0.4) is 0 Å². The highest BCUT2D eigenvalue weighted by Crippen LogP contribution is 2.53. The van der Waals surface area contributed by atoms with Crippen LogP contribution < -0.4 is 14.0 Å². The summed E-state index contributed by atoms with van der Waals surface area (Å²) in [5.41, 5.74) is -4.63. The highest BCUT2D eigenvalue weighted by atomic mass is 32.2. The highest BCUT2D eigenvalue weighted by Gasteiger charge is 2.49. The second kappa shape index (κ2) is 7.97. The van der Waals surface area contributed by atoms with Crippen molar-refractivity contribution >= 4 is 32.9 Å². The molecule has 0 aromatic heterocycles. The van der Waals surface area contributed by atoms with Gasteiger partial charge in [0.15, 0.2) is 5.75 Å². The summed E-state index contributed by atoms with van der Waals surface area (Å²) in [7, 11) is -5.95. The number of hydrogen-bond acceptors (Lipinski definition) is 7. The third kappa shape index (κ3) is 3.68. The van der Waals surface area contributed by atoms with Gasteiger partial charge in [-0.1, -0.05) is 32.0 Å². The largest absolute Gasteiger partial charge is 0.534 e. The van der Waals surface area contributed by atoms with Gasteiger partial charge in [-0.25, -0.2) is 0 Å². The predicted octanol–water partition coefficient (Wildman–Crippen LogP) is 3.96. The van der Waals surface area contributed by atoms with Crippen molar-refractivity contribution in [2.24, 2.45) is 0 Å². The fourth-order valence-corrected chi connectivity index (χ4v) is 3.76. The molecule has 0 bridgehead atoms.